The van der Waals surface area contributed by atoms with Gasteiger partial charge in [0.1, 0.15) is 22.5 Å². The zero-order valence-electron chi connectivity index (χ0n) is 16.8. The normalized spacial score (nSPS) is 22.3. The first-order chi connectivity index (χ1) is 14.9. The Balaban J connectivity index is 1.33. The van der Waals surface area contributed by atoms with Crippen molar-refractivity contribution in [2.24, 2.45) is 0 Å². The summed E-state index contributed by atoms with van der Waals surface area (Å²) in [7, 11) is 0. The van der Waals surface area contributed by atoms with E-state index in [1.165, 1.54) is 11.5 Å². The van der Waals surface area contributed by atoms with Crippen LogP contribution in [-0.2, 0) is 6.42 Å². The van der Waals surface area contributed by atoms with Gasteiger partial charge in [-0.1, -0.05) is 12.1 Å². The molecule has 2 saturated heterocycles. The molecule has 156 valence electrons. The highest BCUT2D eigenvalue weighted by Gasteiger charge is 2.29. The molecule has 8 nitrogen and oxygen atoms in total. The fraction of sp³-hybridized carbons (Fsp3) is 0.429. The first-order valence-electron chi connectivity index (χ1n) is 10.5. The maximum Gasteiger partial charge on any atom is 0.144 e. The van der Waals surface area contributed by atoms with Crippen molar-refractivity contribution in [1.82, 2.24) is 30.0 Å². The number of nitrogens with one attached hydrogen (secondary N) is 2. The van der Waals surface area contributed by atoms with Gasteiger partial charge >= 0.3 is 0 Å². The summed E-state index contributed by atoms with van der Waals surface area (Å²) in [6.07, 6.45) is 4.52. The maximum absolute atomic E-state index is 4.95. The molecule has 30 heavy (non-hydrogen) atoms. The Labute approximate surface area is 180 Å². The van der Waals surface area contributed by atoms with E-state index in [1.54, 1.807) is 0 Å². The highest BCUT2D eigenvalue weighted by atomic mass is 32.1. The summed E-state index contributed by atoms with van der Waals surface area (Å²) in [6, 6.07) is 12.6. The Bertz CT molecular complexity index is 934. The van der Waals surface area contributed by atoms with Crippen LogP contribution in [-0.4, -0.2) is 64.6 Å². The molecule has 0 radical (unpaired) electrons. The van der Waals surface area contributed by atoms with Gasteiger partial charge in [-0.3, -0.25) is 0 Å². The van der Waals surface area contributed by atoms with Crippen molar-refractivity contribution in [1.29, 1.82) is 0 Å². The van der Waals surface area contributed by atoms with Crippen molar-refractivity contribution in [2.45, 2.75) is 18.5 Å². The highest BCUT2D eigenvalue weighted by Crippen LogP contribution is 2.28. The molecule has 0 bridgehead atoms. The van der Waals surface area contributed by atoms with Gasteiger partial charge in [0.15, 0.2) is 0 Å². The van der Waals surface area contributed by atoms with Crippen LogP contribution in [0.2, 0.25) is 0 Å². The van der Waals surface area contributed by atoms with Crippen molar-refractivity contribution in [3.8, 4) is 0 Å². The molecule has 5 heterocycles. The SMILES string of the molecule is c1ccc(N2CCNCC2Cc2nsc(C3CNCCN3c3ccccn3)n2)nc1. The third-order valence-electron chi connectivity index (χ3n) is 5.67. The van der Waals surface area contributed by atoms with Crippen LogP contribution < -0.4 is 20.4 Å². The number of piperazine rings is 2. The first-order valence-corrected chi connectivity index (χ1v) is 11.2. The van der Waals surface area contributed by atoms with Gasteiger partial charge in [-0.2, -0.15) is 4.37 Å². The fourth-order valence-corrected chi connectivity index (χ4v) is 4.98. The van der Waals surface area contributed by atoms with E-state index in [1.807, 2.05) is 36.7 Å². The summed E-state index contributed by atoms with van der Waals surface area (Å²) in [5.41, 5.74) is 0. The molecule has 3 aromatic rings. The van der Waals surface area contributed by atoms with Crippen molar-refractivity contribution in [3.63, 3.8) is 0 Å². The molecule has 0 aliphatic carbocycles. The van der Waals surface area contributed by atoms with Crippen molar-refractivity contribution in [3.05, 3.63) is 59.6 Å². The molecule has 2 fully saturated rings. The van der Waals surface area contributed by atoms with Crippen LogP contribution in [0.25, 0.3) is 0 Å². The third kappa shape index (κ3) is 4.14. The van der Waals surface area contributed by atoms with Crippen molar-refractivity contribution >= 4 is 23.2 Å². The van der Waals surface area contributed by atoms with E-state index >= 15 is 0 Å². The van der Waals surface area contributed by atoms with Gasteiger partial charge in [-0.15, -0.1) is 0 Å². The number of nitrogens with zero attached hydrogens (tertiary/aromatic N) is 6. The Hall–Kier alpha value is -2.62. The second-order valence-corrected chi connectivity index (χ2v) is 8.38. The van der Waals surface area contributed by atoms with Gasteiger partial charge in [-0.25, -0.2) is 15.0 Å². The second kappa shape index (κ2) is 9.03. The van der Waals surface area contributed by atoms with E-state index in [-0.39, 0.29) is 6.04 Å². The molecule has 2 aliphatic heterocycles. The molecule has 9 heteroatoms. The molecule has 3 aromatic heterocycles. The number of rotatable bonds is 5. The molecule has 0 saturated carbocycles. The van der Waals surface area contributed by atoms with Gasteiger partial charge in [0.05, 0.1) is 12.1 Å². The van der Waals surface area contributed by atoms with Gasteiger partial charge in [0, 0.05) is 58.1 Å². The zero-order chi connectivity index (χ0) is 20.2. The molecule has 5 rings (SSSR count). The molecule has 2 N–H and O–H groups in total. The summed E-state index contributed by atoms with van der Waals surface area (Å²) >= 11 is 1.51. The number of pyridine rings is 2. The topological polar surface area (TPSA) is 82.1 Å². The quantitative estimate of drug-likeness (QED) is 0.640. The smallest absolute Gasteiger partial charge is 0.144 e. The van der Waals surface area contributed by atoms with Crippen LogP contribution in [0.1, 0.15) is 16.9 Å². The second-order valence-electron chi connectivity index (χ2n) is 7.59. The highest BCUT2D eigenvalue weighted by molar-refractivity contribution is 7.05. The average Bonchev–Trinajstić information content (AvgIpc) is 3.29. The molecular formula is C21H26N8S. The van der Waals surface area contributed by atoms with E-state index in [0.29, 0.717) is 6.04 Å². The lowest BCUT2D eigenvalue weighted by Gasteiger charge is -2.36. The van der Waals surface area contributed by atoms with Crippen molar-refractivity contribution in [2.75, 3.05) is 49.1 Å². The third-order valence-corrected chi connectivity index (χ3v) is 6.52. The summed E-state index contributed by atoms with van der Waals surface area (Å²) in [6.45, 7) is 5.54. The standard InChI is InChI=1S/C21H26N8S/c1-3-7-24-19(5-1)28-11-9-22-14-16(28)13-18-26-21(30-27-18)17-15-23-10-12-29(17)20-6-2-4-8-25-20/h1-8,16-17,22-23H,9-15H2. The minimum atomic E-state index is 0.163. The van der Waals surface area contributed by atoms with E-state index in [2.05, 4.69) is 42.5 Å². The van der Waals surface area contributed by atoms with Crippen LogP contribution >= 0.6 is 11.5 Å². The molecule has 0 aromatic carbocycles. The largest absolute Gasteiger partial charge is 0.351 e. The molecular weight excluding hydrogens is 396 g/mol. The van der Waals surface area contributed by atoms with E-state index in [0.717, 1.165) is 68.2 Å². The van der Waals surface area contributed by atoms with Crippen LogP contribution in [0.15, 0.2) is 48.8 Å². The van der Waals surface area contributed by atoms with Gasteiger partial charge in [0.25, 0.3) is 0 Å². The summed E-state index contributed by atoms with van der Waals surface area (Å²) in [5, 5.41) is 8.05. The van der Waals surface area contributed by atoms with Gasteiger partial charge < -0.3 is 20.4 Å². The van der Waals surface area contributed by atoms with Crippen LogP contribution in [0.5, 0.6) is 0 Å². The minimum absolute atomic E-state index is 0.163. The lowest BCUT2D eigenvalue weighted by atomic mass is 10.1. The molecule has 0 spiro atoms. The first kappa shape index (κ1) is 19.3. The zero-order valence-corrected chi connectivity index (χ0v) is 17.6. The van der Waals surface area contributed by atoms with Crippen LogP contribution in [0.3, 0.4) is 0 Å². The van der Waals surface area contributed by atoms with Crippen molar-refractivity contribution < 1.29 is 0 Å². The monoisotopic (exact) mass is 422 g/mol. The average molecular weight is 423 g/mol. The predicted octanol–water partition coefficient (Wildman–Crippen LogP) is 1.50. The Morgan fingerprint density at radius 1 is 0.900 bits per heavy atom. The van der Waals surface area contributed by atoms with E-state index in [4.69, 9.17) is 9.36 Å². The molecule has 2 atom stereocenters. The Morgan fingerprint density at radius 2 is 1.60 bits per heavy atom. The Kier molecular flexibility index (Phi) is 5.82. The molecule has 2 aliphatic rings. The summed E-state index contributed by atoms with van der Waals surface area (Å²) in [4.78, 5) is 18.8. The fourth-order valence-electron chi connectivity index (χ4n) is 4.19. The lowest BCUT2D eigenvalue weighted by molar-refractivity contribution is 0.462. The number of hydrogen-bond donors (Lipinski definition) is 2. The van der Waals surface area contributed by atoms with E-state index in [9.17, 15) is 0 Å². The number of aromatic nitrogens is 4. The summed E-state index contributed by atoms with van der Waals surface area (Å²) < 4.78 is 4.72. The lowest BCUT2D eigenvalue weighted by Crippen LogP contribution is -2.52. The molecule has 0 amide bonds. The van der Waals surface area contributed by atoms with E-state index < -0.39 is 0 Å². The number of anilines is 2. The van der Waals surface area contributed by atoms with Crippen LogP contribution in [0.4, 0.5) is 11.6 Å². The molecule has 2 unspecified atom stereocenters. The predicted molar refractivity (Wildman–Crippen MR) is 119 cm³/mol. The maximum atomic E-state index is 4.95. The van der Waals surface area contributed by atoms with Crippen LogP contribution in [0, 0.1) is 0 Å². The Morgan fingerprint density at radius 3 is 2.33 bits per heavy atom. The van der Waals surface area contributed by atoms with Gasteiger partial charge in [-0.05, 0) is 35.8 Å². The summed E-state index contributed by atoms with van der Waals surface area (Å²) in [5.74, 6) is 2.94. The van der Waals surface area contributed by atoms with Gasteiger partial charge in [0.2, 0.25) is 0 Å². The number of hydrogen-bond acceptors (Lipinski definition) is 9. The minimum Gasteiger partial charge on any atom is -0.351 e.